The first-order valence-corrected chi connectivity index (χ1v) is 10.7. The number of nitrogens with one attached hydrogen (secondary N) is 1. The van der Waals surface area contributed by atoms with Gasteiger partial charge in [0, 0.05) is 6.04 Å². The summed E-state index contributed by atoms with van der Waals surface area (Å²) in [6.07, 6.45) is 4.02. The Kier molecular flexibility index (Phi) is 7.20. The molecule has 0 aliphatic heterocycles. The summed E-state index contributed by atoms with van der Waals surface area (Å²) in [4.78, 5) is 23.9. The number of rotatable bonds is 7. The number of hydrogen-bond acceptors (Lipinski definition) is 5. The topological polar surface area (TPSA) is 89.5 Å². The lowest BCUT2D eigenvalue weighted by molar-refractivity contribution is -0.148. The van der Waals surface area contributed by atoms with Crippen LogP contribution in [0.3, 0.4) is 0 Å². The highest BCUT2D eigenvalue weighted by atomic mass is 32.2. The number of amides is 1. The van der Waals surface area contributed by atoms with E-state index in [0.29, 0.717) is 5.92 Å². The number of hydrogen-bond donors (Lipinski definition) is 1. The van der Waals surface area contributed by atoms with Gasteiger partial charge in [0.15, 0.2) is 16.4 Å². The molecule has 0 bridgehead atoms. The van der Waals surface area contributed by atoms with Crippen molar-refractivity contribution in [2.75, 3.05) is 12.4 Å². The molecule has 1 N–H and O–H groups in total. The molecule has 0 aromatic heterocycles. The average molecular weight is 381 g/mol. The summed E-state index contributed by atoms with van der Waals surface area (Å²) in [7, 11) is -3.54. The smallest absolute Gasteiger partial charge is 0.307 e. The highest BCUT2D eigenvalue weighted by Gasteiger charge is 2.23. The fraction of sp³-hybridized carbons (Fsp3) is 0.579. The summed E-state index contributed by atoms with van der Waals surface area (Å²) in [5.41, 5.74) is 0.960. The van der Waals surface area contributed by atoms with Crippen LogP contribution in [0.2, 0.25) is 0 Å². The Hall–Kier alpha value is -1.89. The van der Waals surface area contributed by atoms with E-state index in [4.69, 9.17) is 4.74 Å². The van der Waals surface area contributed by atoms with Gasteiger partial charge in [-0.15, -0.1) is 0 Å². The van der Waals surface area contributed by atoms with Gasteiger partial charge < -0.3 is 10.1 Å². The minimum Gasteiger partial charge on any atom is -0.456 e. The fourth-order valence-electron chi connectivity index (χ4n) is 3.08. The molecule has 2 unspecified atom stereocenters. The molecular weight excluding hydrogens is 354 g/mol. The van der Waals surface area contributed by atoms with E-state index in [9.17, 15) is 18.0 Å². The van der Waals surface area contributed by atoms with Crippen molar-refractivity contribution in [2.24, 2.45) is 5.92 Å². The second-order valence-electron chi connectivity index (χ2n) is 6.98. The van der Waals surface area contributed by atoms with E-state index in [1.165, 1.54) is 18.6 Å². The zero-order chi connectivity index (χ0) is 19.2. The van der Waals surface area contributed by atoms with Gasteiger partial charge in [-0.05, 0) is 37.8 Å². The number of sulfone groups is 1. The summed E-state index contributed by atoms with van der Waals surface area (Å²) in [5.74, 6) is -0.940. The van der Waals surface area contributed by atoms with Crippen LogP contribution in [-0.2, 0) is 24.2 Å². The molecule has 1 aliphatic rings. The van der Waals surface area contributed by atoms with E-state index in [1.807, 2.05) is 6.92 Å². The first-order valence-electron chi connectivity index (χ1n) is 9.02. The van der Waals surface area contributed by atoms with Crippen molar-refractivity contribution < 1.29 is 22.7 Å². The molecule has 26 heavy (non-hydrogen) atoms. The number of benzene rings is 1. The predicted molar refractivity (Wildman–Crippen MR) is 98.4 cm³/mol. The second-order valence-corrected chi connectivity index (χ2v) is 9.09. The van der Waals surface area contributed by atoms with Crippen LogP contribution in [0, 0.1) is 12.8 Å². The molecule has 0 spiro atoms. The number of carbonyl (C=O) groups is 2. The molecule has 144 valence electrons. The third-order valence-corrected chi connectivity index (χ3v) is 6.51. The Morgan fingerprint density at radius 1 is 1.15 bits per heavy atom. The molecule has 2 rings (SSSR count). The second kappa shape index (κ2) is 9.16. The average Bonchev–Trinajstić information content (AvgIpc) is 2.60. The molecular formula is C19H27NO5S. The standard InChI is InChI=1S/C19H27NO5S/c1-14-7-9-16(10-8-14)26(23,24)12-11-19(22)25-13-18(21)20-17-6-4-3-5-15(17)2/h7-10,15,17H,3-6,11-13H2,1-2H3,(H,20,21). The van der Waals surface area contributed by atoms with Crippen LogP contribution < -0.4 is 5.32 Å². The maximum Gasteiger partial charge on any atom is 0.307 e. The van der Waals surface area contributed by atoms with Crippen LogP contribution in [0.5, 0.6) is 0 Å². The summed E-state index contributed by atoms with van der Waals surface area (Å²) in [6, 6.07) is 6.59. The SMILES string of the molecule is Cc1ccc(S(=O)(=O)CCC(=O)OCC(=O)NC2CCCCC2C)cc1. The minimum atomic E-state index is -3.54. The van der Waals surface area contributed by atoms with Gasteiger partial charge in [-0.25, -0.2) is 8.42 Å². The maximum atomic E-state index is 12.2. The fourth-order valence-corrected chi connectivity index (χ4v) is 4.30. The van der Waals surface area contributed by atoms with Crippen LogP contribution in [0.25, 0.3) is 0 Å². The lowest BCUT2D eigenvalue weighted by atomic mass is 9.86. The van der Waals surface area contributed by atoms with Gasteiger partial charge in [-0.3, -0.25) is 9.59 Å². The molecule has 1 fully saturated rings. The quantitative estimate of drug-likeness (QED) is 0.733. The van der Waals surface area contributed by atoms with Crippen LogP contribution in [0.1, 0.15) is 44.6 Å². The molecule has 1 aromatic carbocycles. The zero-order valence-electron chi connectivity index (χ0n) is 15.4. The summed E-state index contributed by atoms with van der Waals surface area (Å²) in [5, 5.41) is 2.89. The van der Waals surface area contributed by atoms with Gasteiger partial charge >= 0.3 is 5.97 Å². The zero-order valence-corrected chi connectivity index (χ0v) is 16.2. The molecule has 7 heteroatoms. The van der Waals surface area contributed by atoms with Crippen LogP contribution in [0.15, 0.2) is 29.2 Å². The third kappa shape index (κ3) is 6.12. The van der Waals surface area contributed by atoms with Crippen LogP contribution >= 0.6 is 0 Å². The van der Waals surface area contributed by atoms with Crippen molar-refractivity contribution in [3.05, 3.63) is 29.8 Å². The first-order chi connectivity index (χ1) is 12.3. The molecule has 0 saturated heterocycles. The number of carbonyl (C=O) groups excluding carboxylic acids is 2. The van der Waals surface area contributed by atoms with E-state index >= 15 is 0 Å². The molecule has 0 heterocycles. The monoisotopic (exact) mass is 381 g/mol. The lowest BCUT2D eigenvalue weighted by Crippen LogP contribution is -2.42. The normalized spacial score (nSPS) is 20.4. The number of ether oxygens (including phenoxy) is 1. The summed E-state index contributed by atoms with van der Waals surface area (Å²) < 4.78 is 29.3. The first kappa shape index (κ1) is 20.4. The third-order valence-electron chi connectivity index (χ3n) is 4.78. The molecule has 2 atom stereocenters. The highest BCUT2D eigenvalue weighted by molar-refractivity contribution is 7.91. The maximum absolute atomic E-state index is 12.2. The van der Waals surface area contributed by atoms with Gasteiger partial charge in [0.05, 0.1) is 17.1 Å². The summed E-state index contributed by atoms with van der Waals surface area (Å²) >= 11 is 0. The van der Waals surface area contributed by atoms with Crippen LogP contribution in [-0.4, -0.2) is 38.7 Å². The Labute approximate surface area is 155 Å². The van der Waals surface area contributed by atoms with Gasteiger partial charge in [-0.1, -0.05) is 37.5 Å². The molecule has 1 aliphatic carbocycles. The van der Waals surface area contributed by atoms with E-state index < -0.39 is 15.8 Å². The highest BCUT2D eigenvalue weighted by Crippen LogP contribution is 2.23. The van der Waals surface area contributed by atoms with E-state index in [1.54, 1.807) is 12.1 Å². The van der Waals surface area contributed by atoms with Gasteiger partial charge in [0.2, 0.25) is 0 Å². The van der Waals surface area contributed by atoms with Gasteiger partial charge in [0.25, 0.3) is 5.91 Å². The number of esters is 1. The van der Waals surface area contributed by atoms with Gasteiger partial charge in [-0.2, -0.15) is 0 Å². The molecule has 1 aromatic rings. The predicted octanol–water partition coefficient (Wildman–Crippen LogP) is 2.40. The Balaban J connectivity index is 1.74. The largest absolute Gasteiger partial charge is 0.456 e. The van der Waals surface area contributed by atoms with Gasteiger partial charge in [0.1, 0.15) is 0 Å². The van der Waals surface area contributed by atoms with Crippen molar-refractivity contribution in [1.29, 1.82) is 0 Å². The van der Waals surface area contributed by atoms with Crippen molar-refractivity contribution in [1.82, 2.24) is 5.32 Å². The molecule has 0 radical (unpaired) electrons. The minimum absolute atomic E-state index is 0.122. The summed E-state index contributed by atoms with van der Waals surface area (Å²) in [6.45, 7) is 3.60. The van der Waals surface area contributed by atoms with Crippen LogP contribution in [0.4, 0.5) is 0 Å². The van der Waals surface area contributed by atoms with E-state index in [2.05, 4.69) is 12.2 Å². The van der Waals surface area contributed by atoms with Crippen molar-refractivity contribution in [3.8, 4) is 0 Å². The lowest BCUT2D eigenvalue weighted by Gasteiger charge is -2.29. The van der Waals surface area contributed by atoms with E-state index in [-0.39, 0.29) is 35.6 Å². The molecule has 1 saturated carbocycles. The molecule has 6 nitrogen and oxygen atoms in total. The molecule has 1 amide bonds. The van der Waals surface area contributed by atoms with Crippen molar-refractivity contribution in [3.63, 3.8) is 0 Å². The Morgan fingerprint density at radius 2 is 1.81 bits per heavy atom. The van der Waals surface area contributed by atoms with Crippen molar-refractivity contribution in [2.45, 2.75) is 56.9 Å². The Morgan fingerprint density at radius 3 is 2.46 bits per heavy atom. The van der Waals surface area contributed by atoms with Crippen molar-refractivity contribution >= 4 is 21.7 Å². The Bertz CT molecular complexity index is 727. The number of aryl methyl sites for hydroxylation is 1. The van der Waals surface area contributed by atoms with E-state index in [0.717, 1.165) is 24.8 Å².